The summed E-state index contributed by atoms with van der Waals surface area (Å²) < 4.78 is 41.7. The Bertz CT molecular complexity index is 993. The Labute approximate surface area is 153 Å². The number of para-hydroxylation sites is 1. The lowest BCUT2D eigenvalue weighted by Gasteiger charge is -2.13. The van der Waals surface area contributed by atoms with Gasteiger partial charge in [-0.25, -0.2) is 4.68 Å². The van der Waals surface area contributed by atoms with E-state index < -0.39 is 23.3 Å². The highest BCUT2D eigenvalue weighted by Crippen LogP contribution is 2.34. The Balaban J connectivity index is 1.69. The average Bonchev–Trinajstić information content (AvgIpc) is 3.28. The van der Waals surface area contributed by atoms with Crippen molar-refractivity contribution in [3.05, 3.63) is 77.1 Å². The van der Waals surface area contributed by atoms with Crippen LogP contribution in [0.2, 0.25) is 0 Å². The summed E-state index contributed by atoms with van der Waals surface area (Å²) in [5.74, 6) is -0.831. The molecule has 4 nitrogen and oxygen atoms in total. The van der Waals surface area contributed by atoms with Crippen molar-refractivity contribution >= 4 is 11.6 Å². The highest BCUT2D eigenvalue weighted by Gasteiger charge is 2.40. The fraction of sp³-hybridized carbons (Fsp3) is 0.200. The van der Waals surface area contributed by atoms with E-state index >= 15 is 0 Å². The molecule has 1 heterocycles. The lowest BCUT2D eigenvalue weighted by atomic mass is 10.1. The first kappa shape index (κ1) is 17.3. The minimum absolute atomic E-state index is 0.237. The molecule has 1 aliphatic rings. The molecule has 1 amide bonds. The highest BCUT2D eigenvalue weighted by molar-refractivity contribution is 6.05. The first-order valence-corrected chi connectivity index (χ1v) is 8.57. The van der Waals surface area contributed by atoms with Crippen LogP contribution in [-0.2, 0) is 19.0 Å². The van der Waals surface area contributed by atoms with Gasteiger partial charge in [0, 0.05) is 5.69 Å². The van der Waals surface area contributed by atoms with Crippen molar-refractivity contribution in [3.63, 3.8) is 0 Å². The number of alkyl halides is 3. The van der Waals surface area contributed by atoms with Gasteiger partial charge in [0.05, 0.1) is 17.4 Å². The maximum Gasteiger partial charge on any atom is 0.434 e. The molecule has 2 aromatic carbocycles. The van der Waals surface area contributed by atoms with Crippen molar-refractivity contribution in [3.8, 4) is 5.69 Å². The molecule has 0 atom stereocenters. The van der Waals surface area contributed by atoms with E-state index in [0.29, 0.717) is 5.69 Å². The third-order valence-corrected chi connectivity index (χ3v) is 4.64. The molecular weight excluding hydrogens is 355 g/mol. The number of amides is 1. The van der Waals surface area contributed by atoms with Crippen LogP contribution in [0.15, 0.2) is 54.7 Å². The zero-order chi connectivity index (χ0) is 19.0. The number of rotatable bonds is 3. The molecule has 1 aromatic heterocycles. The van der Waals surface area contributed by atoms with Crippen LogP contribution in [0.25, 0.3) is 5.69 Å². The lowest BCUT2D eigenvalue weighted by Crippen LogP contribution is -2.20. The Morgan fingerprint density at radius 3 is 2.52 bits per heavy atom. The van der Waals surface area contributed by atoms with Gasteiger partial charge >= 0.3 is 6.18 Å². The van der Waals surface area contributed by atoms with Gasteiger partial charge in [0.25, 0.3) is 5.91 Å². The number of hydrogen-bond donors (Lipinski definition) is 1. The fourth-order valence-corrected chi connectivity index (χ4v) is 3.40. The fourth-order valence-electron chi connectivity index (χ4n) is 3.40. The van der Waals surface area contributed by atoms with Gasteiger partial charge < -0.3 is 5.32 Å². The standard InChI is InChI=1S/C20H16F3N3O/c21-20(22,23)18-17(12-24-26(18)16-7-2-1-3-8-16)19(27)25-15-10-9-13-5-4-6-14(13)11-15/h1-3,7-12H,4-6H2,(H,25,27). The Kier molecular flexibility index (Phi) is 4.22. The molecular formula is C20H16F3N3O. The summed E-state index contributed by atoms with van der Waals surface area (Å²) >= 11 is 0. The van der Waals surface area contributed by atoms with Crippen molar-refractivity contribution in [1.29, 1.82) is 0 Å². The summed E-state index contributed by atoms with van der Waals surface area (Å²) in [5, 5.41) is 6.38. The smallest absolute Gasteiger partial charge is 0.322 e. The number of halogens is 3. The van der Waals surface area contributed by atoms with Crippen molar-refractivity contribution in [2.75, 3.05) is 5.32 Å². The minimum atomic E-state index is -4.73. The van der Waals surface area contributed by atoms with Crippen LogP contribution in [0.3, 0.4) is 0 Å². The van der Waals surface area contributed by atoms with Crippen LogP contribution >= 0.6 is 0 Å². The molecule has 0 bridgehead atoms. The molecule has 3 aromatic rings. The molecule has 0 aliphatic heterocycles. The number of benzene rings is 2. The Morgan fingerprint density at radius 1 is 1.04 bits per heavy atom. The van der Waals surface area contributed by atoms with E-state index in [-0.39, 0.29) is 5.69 Å². The van der Waals surface area contributed by atoms with Gasteiger partial charge in [-0.3, -0.25) is 4.79 Å². The number of nitrogens with zero attached hydrogens (tertiary/aromatic N) is 2. The van der Waals surface area contributed by atoms with Crippen LogP contribution in [-0.4, -0.2) is 15.7 Å². The molecule has 0 radical (unpaired) electrons. The lowest BCUT2D eigenvalue weighted by molar-refractivity contribution is -0.143. The van der Waals surface area contributed by atoms with Gasteiger partial charge in [-0.05, 0) is 54.7 Å². The van der Waals surface area contributed by atoms with E-state index in [0.717, 1.165) is 35.7 Å². The number of aromatic nitrogens is 2. The molecule has 0 fully saturated rings. The molecule has 1 aliphatic carbocycles. The molecule has 0 saturated heterocycles. The number of carbonyl (C=O) groups is 1. The molecule has 7 heteroatoms. The monoisotopic (exact) mass is 371 g/mol. The first-order valence-electron chi connectivity index (χ1n) is 8.57. The molecule has 0 spiro atoms. The first-order chi connectivity index (χ1) is 12.9. The minimum Gasteiger partial charge on any atom is -0.322 e. The van der Waals surface area contributed by atoms with Gasteiger partial charge in [-0.2, -0.15) is 18.3 Å². The SMILES string of the molecule is O=C(Nc1ccc2c(c1)CCC2)c1cnn(-c2ccccc2)c1C(F)(F)F. The summed E-state index contributed by atoms with van der Waals surface area (Å²) in [5.41, 5.74) is 1.48. The summed E-state index contributed by atoms with van der Waals surface area (Å²) in [7, 11) is 0. The zero-order valence-electron chi connectivity index (χ0n) is 14.3. The number of fused-ring (bicyclic) bond motifs is 1. The summed E-state index contributed by atoms with van der Waals surface area (Å²) in [6.45, 7) is 0. The van der Waals surface area contributed by atoms with Crippen LogP contribution in [0.4, 0.5) is 18.9 Å². The Morgan fingerprint density at radius 2 is 1.78 bits per heavy atom. The van der Waals surface area contributed by atoms with E-state index in [1.165, 1.54) is 17.7 Å². The average molecular weight is 371 g/mol. The second-order valence-corrected chi connectivity index (χ2v) is 6.44. The van der Waals surface area contributed by atoms with Crippen molar-refractivity contribution in [1.82, 2.24) is 9.78 Å². The number of carbonyl (C=O) groups excluding carboxylic acids is 1. The van der Waals surface area contributed by atoms with E-state index in [2.05, 4.69) is 10.4 Å². The Hall–Kier alpha value is -3.09. The third-order valence-electron chi connectivity index (χ3n) is 4.64. The predicted molar refractivity (Wildman–Crippen MR) is 95.0 cm³/mol. The van der Waals surface area contributed by atoms with Gasteiger partial charge in [0.1, 0.15) is 0 Å². The number of anilines is 1. The molecule has 0 saturated carbocycles. The normalized spacial score (nSPS) is 13.4. The second-order valence-electron chi connectivity index (χ2n) is 6.44. The second kappa shape index (κ2) is 6.57. The van der Waals surface area contributed by atoms with Crippen molar-refractivity contribution in [2.45, 2.75) is 25.4 Å². The van der Waals surface area contributed by atoms with Crippen LogP contribution < -0.4 is 5.32 Å². The molecule has 0 unspecified atom stereocenters. The van der Waals surface area contributed by atoms with Crippen LogP contribution in [0, 0.1) is 0 Å². The topological polar surface area (TPSA) is 46.9 Å². The maximum atomic E-state index is 13.7. The highest BCUT2D eigenvalue weighted by atomic mass is 19.4. The predicted octanol–water partition coefficient (Wildman–Crippen LogP) is 4.63. The van der Waals surface area contributed by atoms with E-state index in [9.17, 15) is 18.0 Å². The summed E-state index contributed by atoms with van der Waals surface area (Å²) in [6, 6.07) is 13.4. The van der Waals surface area contributed by atoms with Crippen LogP contribution in [0.1, 0.15) is 33.6 Å². The third kappa shape index (κ3) is 3.32. The van der Waals surface area contributed by atoms with Gasteiger partial charge in [-0.15, -0.1) is 0 Å². The van der Waals surface area contributed by atoms with Gasteiger partial charge in [0.15, 0.2) is 5.69 Å². The number of aryl methyl sites for hydroxylation is 2. The summed E-state index contributed by atoms with van der Waals surface area (Å²) in [4.78, 5) is 12.6. The summed E-state index contributed by atoms with van der Waals surface area (Å²) in [6.07, 6.45) is -0.811. The number of nitrogens with one attached hydrogen (secondary N) is 1. The number of hydrogen-bond acceptors (Lipinski definition) is 2. The molecule has 138 valence electrons. The van der Waals surface area contributed by atoms with Crippen LogP contribution in [0.5, 0.6) is 0 Å². The maximum absolute atomic E-state index is 13.7. The zero-order valence-corrected chi connectivity index (χ0v) is 14.3. The van der Waals surface area contributed by atoms with E-state index in [4.69, 9.17) is 0 Å². The molecule has 27 heavy (non-hydrogen) atoms. The van der Waals surface area contributed by atoms with Gasteiger partial charge in [0.2, 0.25) is 0 Å². The van der Waals surface area contributed by atoms with Gasteiger partial charge in [-0.1, -0.05) is 24.3 Å². The van der Waals surface area contributed by atoms with E-state index in [1.54, 1.807) is 24.3 Å². The van der Waals surface area contributed by atoms with E-state index in [1.807, 2.05) is 12.1 Å². The molecule has 1 N–H and O–H groups in total. The quantitative estimate of drug-likeness (QED) is 0.730. The molecule has 4 rings (SSSR count). The van der Waals surface area contributed by atoms with Crippen molar-refractivity contribution in [2.24, 2.45) is 0 Å². The largest absolute Gasteiger partial charge is 0.434 e. The van der Waals surface area contributed by atoms with Crippen molar-refractivity contribution < 1.29 is 18.0 Å².